The average molecular weight is 465 g/mol. The van der Waals surface area contributed by atoms with Crippen LogP contribution >= 0.6 is 0 Å². The molecule has 168 valence electrons. The number of nitrogens with zero attached hydrogens (tertiary/aromatic N) is 1. The molecule has 2 aromatic rings. The molecule has 0 aromatic heterocycles. The zero-order valence-corrected chi connectivity index (χ0v) is 19.2. The number of amides is 1. The number of hydrogen-bond donors (Lipinski definition) is 1. The molecule has 7 nitrogen and oxygen atoms in total. The van der Waals surface area contributed by atoms with Crippen molar-refractivity contribution in [3.05, 3.63) is 54.1 Å². The summed E-state index contributed by atoms with van der Waals surface area (Å²) in [6.45, 7) is 1.11. The Bertz CT molecular complexity index is 1120. The van der Waals surface area contributed by atoms with Crippen molar-refractivity contribution in [2.75, 3.05) is 24.7 Å². The van der Waals surface area contributed by atoms with Crippen LogP contribution in [-0.4, -0.2) is 46.4 Å². The molecule has 0 radical (unpaired) electrons. The van der Waals surface area contributed by atoms with E-state index in [-0.39, 0.29) is 27.8 Å². The Balaban J connectivity index is 1.61. The molecule has 1 aliphatic heterocycles. The molecule has 1 amide bonds. The van der Waals surface area contributed by atoms with Crippen molar-refractivity contribution in [3.63, 3.8) is 0 Å². The minimum absolute atomic E-state index is 0.0754. The SMILES string of the molecule is CS(=O)(=O)c1ccccc1NC(=O)CCc1ccc(S(=O)(=O)N2CCCCCC2)cc1. The number of anilines is 1. The number of hydrogen-bond acceptors (Lipinski definition) is 5. The summed E-state index contributed by atoms with van der Waals surface area (Å²) in [5, 5.41) is 2.65. The first kappa shape index (κ1) is 23.4. The van der Waals surface area contributed by atoms with Crippen molar-refractivity contribution in [1.29, 1.82) is 0 Å². The maximum Gasteiger partial charge on any atom is 0.243 e. The van der Waals surface area contributed by atoms with Crippen LogP contribution in [0.1, 0.15) is 37.7 Å². The summed E-state index contributed by atoms with van der Waals surface area (Å²) < 4.78 is 51.0. The Hall–Kier alpha value is -2.23. The zero-order chi connectivity index (χ0) is 22.5. The Labute approximate surface area is 184 Å². The molecular weight excluding hydrogens is 436 g/mol. The van der Waals surface area contributed by atoms with Gasteiger partial charge in [0.25, 0.3) is 0 Å². The average Bonchev–Trinajstić information content (AvgIpc) is 3.02. The smallest absolute Gasteiger partial charge is 0.243 e. The van der Waals surface area contributed by atoms with Crippen molar-refractivity contribution in [2.24, 2.45) is 0 Å². The highest BCUT2D eigenvalue weighted by Crippen LogP contribution is 2.22. The third-order valence-electron chi connectivity index (χ3n) is 5.33. The van der Waals surface area contributed by atoms with Crippen molar-refractivity contribution in [1.82, 2.24) is 4.31 Å². The highest BCUT2D eigenvalue weighted by molar-refractivity contribution is 7.91. The van der Waals surface area contributed by atoms with Crippen LogP contribution in [0.5, 0.6) is 0 Å². The molecule has 1 heterocycles. The number of sulfone groups is 1. The summed E-state index contributed by atoms with van der Waals surface area (Å²) in [4.78, 5) is 12.7. The van der Waals surface area contributed by atoms with E-state index in [0.717, 1.165) is 37.5 Å². The highest BCUT2D eigenvalue weighted by Gasteiger charge is 2.25. The molecule has 1 saturated heterocycles. The Morgan fingerprint density at radius 3 is 2.13 bits per heavy atom. The van der Waals surface area contributed by atoms with E-state index in [9.17, 15) is 21.6 Å². The molecule has 0 saturated carbocycles. The first-order valence-corrected chi connectivity index (χ1v) is 13.7. The third-order valence-corrected chi connectivity index (χ3v) is 8.40. The molecule has 0 aliphatic carbocycles. The van der Waals surface area contributed by atoms with Gasteiger partial charge in [-0.05, 0) is 49.1 Å². The first-order chi connectivity index (χ1) is 14.7. The highest BCUT2D eigenvalue weighted by atomic mass is 32.2. The van der Waals surface area contributed by atoms with Gasteiger partial charge in [0.15, 0.2) is 9.84 Å². The van der Waals surface area contributed by atoms with Gasteiger partial charge in [-0.3, -0.25) is 4.79 Å². The lowest BCUT2D eigenvalue weighted by molar-refractivity contribution is -0.116. The van der Waals surface area contributed by atoms with Gasteiger partial charge in [0.05, 0.1) is 15.5 Å². The van der Waals surface area contributed by atoms with Gasteiger partial charge < -0.3 is 5.32 Å². The summed E-state index contributed by atoms with van der Waals surface area (Å²) in [6, 6.07) is 12.9. The van der Waals surface area contributed by atoms with Crippen molar-refractivity contribution < 1.29 is 21.6 Å². The molecule has 1 aliphatic rings. The lowest BCUT2D eigenvalue weighted by Gasteiger charge is -2.20. The van der Waals surface area contributed by atoms with Crippen LogP contribution in [0.2, 0.25) is 0 Å². The fourth-order valence-electron chi connectivity index (χ4n) is 3.62. The van der Waals surface area contributed by atoms with Crippen molar-refractivity contribution >= 4 is 31.5 Å². The molecule has 1 N–H and O–H groups in total. The molecule has 0 bridgehead atoms. The van der Waals surface area contributed by atoms with Crippen molar-refractivity contribution in [2.45, 2.75) is 48.3 Å². The van der Waals surface area contributed by atoms with E-state index in [1.165, 1.54) is 6.07 Å². The van der Waals surface area contributed by atoms with Crippen LogP contribution < -0.4 is 5.32 Å². The van der Waals surface area contributed by atoms with Gasteiger partial charge in [-0.1, -0.05) is 37.1 Å². The number of carbonyl (C=O) groups excluding carboxylic acids is 1. The third kappa shape index (κ3) is 6.15. The minimum atomic E-state index is -3.50. The van der Waals surface area contributed by atoms with E-state index < -0.39 is 19.9 Å². The lowest BCUT2D eigenvalue weighted by Crippen LogP contribution is -2.31. The predicted octanol–water partition coefficient (Wildman–Crippen LogP) is 3.23. The summed E-state index contributed by atoms with van der Waals surface area (Å²) in [7, 11) is -6.95. The van der Waals surface area contributed by atoms with Crippen LogP contribution in [0.25, 0.3) is 0 Å². The summed E-state index contributed by atoms with van der Waals surface area (Å²) in [5.41, 5.74) is 1.09. The molecule has 1 fully saturated rings. The molecular formula is C22H28N2O5S2. The van der Waals surface area contributed by atoms with Gasteiger partial charge in [-0.25, -0.2) is 16.8 Å². The van der Waals surface area contributed by atoms with E-state index in [4.69, 9.17) is 0 Å². The normalized spacial score (nSPS) is 15.9. The van der Waals surface area contributed by atoms with E-state index >= 15 is 0 Å². The van der Waals surface area contributed by atoms with E-state index in [1.54, 1.807) is 46.8 Å². The van der Waals surface area contributed by atoms with Crippen LogP contribution in [0.15, 0.2) is 58.3 Å². The topological polar surface area (TPSA) is 101 Å². The van der Waals surface area contributed by atoms with Crippen LogP contribution in [0.3, 0.4) is 0 Å². The van der Waals surface area contributed by atoms with Gasteiger partial charge in [-0.15, -0.1) is 0 Å². The molecule has 0 unspecified atom stereocenters. The van der Waals surface area contributed by atoms with Gasteiger partial charge in [0, 0.05) is 25.8 Å². The van der Waals surface area contributed by atoms with Gasteiger partial charge >= 0.3 is 0 Å². The number of carbonyl (C=O) groups is 1. The predicted molar refractivity (Wildman–Crippen MR) is 120 cm³/mol. The number of para-hydroxylation sites is 1. The second-order valence-electron chi connectivity index (χ2n) is 7.78. The maximum atomic E-state index is 12.8. The Morgan fingerprint density at radius 2 is 1.52 bits per heavy atom. The number of benzene rings is 2. The fourth-order valence-corrected chi connectivity index (χ4v) is 5.98. The molecule has 2 aromatic carbocycles. The molecule has 0 atom stereocenters. The van der Waals surface area contributed by atoms with E-state index in [1.807, 2.05) is 0 Å². The quantitative estimate of drug-likeness (QED) is 0.678. The van der Waals surface area contributed by atoms with Crippen molar-refractivity contribution in [3.8, 4) is 0 Å². The molecule has 0 spiro atoms. The van der Waals surface area contributed by atoms with Crippen LogP contribution in [0, 0.1) is 0 Å². The lowest BCUT2D eigenvalue weighted by atomic mass is 10.1. The Kier molecular flexibility index (Phi) is 7.51. The summed E-state index contributed by atoms with van der Waals surface area (Å²) >= 11 is 0. The number of aryl methyl sites for hydroxylation is 1. The largest absolute Gasteiger partial charge is 0.325 e. The Morgan fingerprint density at radius 1 is 0.903 bits per heavy atom. The molecule has 3 rings (SSSR count). The first-order valence-electron chi connectivity index (χ1n) is 10.4. The standard InChI is InChI=1S/C22H28N2O5S2/c1-30(26,27)21-9-5-4-8-20(21)23-22(25)15-12-18-10-13-19(14-11-18)31(28,29)24-16-6-2-3-7-17-24/h4-5,8-11,13-14H,2-3,6-7,12,15-17H2,1H3,(H,23,25). The number of nitrogens with one attached hydrogen (secondary N) is 1. The van der Waals surface area contributed by atoms with Gasteiger partial charge in [-0.2, -0.15) is 4.31 Å². The molecule has 31 heavy (non-hydrogen) atoms. The monoisotopic (exact) mass is 464 g/mol. The number of rotatable bonds is 7. The second kappa shape index (κ2) is 9.93. The zero-order valence-electron chi connectivity index (χ0n) is 17.6. The van der Waals surface area contributed by atoms with Crippen LogP contribution in [0.4, 0.5) is 5.69 Å². The fraction of sp³-hybridized carbons (Fsp3) is 0.409. The second-order valence-corrected chi connectivity index (χ2v) is 11.7. The maximum absolute atomic E-state index is 12.8. The van der Waals surface area contributed by atoms with E-state index in [2.05, 4.69) is 5.32 Å². The van der Waals surface area contributed by atoms with Crippen LogP contribution in [-0.2, 0) is 31.1 Å². The van der Waals surface area contributed by atoms with Gasteiger partial charge in [0.1, 0.15) is 0 Å². The summed E-state index contributed by atoms with van der Waals surface area (Å²) in [6.07, 6.45) is 5.54. The molecule has 9 heteroatoms. The summed E-state index contributed by atoms with van der Waals surface area (Å²) in [5.74, 6) is -0.308. The minimum Gasteiger partial charge on any atom is -0.325 e. The van der Waals surface area contributed by atoms with Gasteiger partial charge in [0.2, 0.25) is 15.9 Å². The van der Waals surface area contributed by atoms with E-state index in [0.29, 0.717) is 19.5 Å². The number of sulfonamides is 1.